The van der Waals surface area contributed by atoms with E-state index in [1.165, 1.54) is 16.9 Å². The van der Waals surface area contributed by atoms with E-state index in [4.69, 9.17) is 10.5 Å². The number of ether oxygens (including phenoxy) is 1. The molecule has 2 N–H and O–H groups in total. The van der Waals surface area contributed by atoms with E-state index in [9.17, 15) is 0 Å². The summed E-state index contributed by atoms with van der Waals surface area (Å²) in [5, 5.41) is 0.586. The van der Waals surface area contributed by atoms with E-state index in [2.05, 4.69) is 4.98 Å². The van der Waals surface area contributed by atoms with Gasteiger partial charge in [0.2, 0.25) is 0 Å². The lowest BCUT2D eigenvalue weighted by molar-refractivity contribution is 0.419. The first-order valence-corrected chi connectivity index (χ1v) is 4.73. The molecule has 0 radical (unpaired) electrons. The Bertz CT molecular complexity index is 450. The Balaban J connectivity index is 2.83. The molecule has 0 aliphatic carbocycles. The number of aromatic nitrogens is 1. The van der Waals surface area contributed by atoms with Crippen molar-refractivity contribution < 1.29 is 4.74 Å². The van der Waals surface area contributed by atoms with Crippen molar-refractivity contribution in [2.24, 2.45) is 0 Å². The number of fused-ring (bicyclic) bond motifs is 1. The van der Waals surface area contributed by atoms with Gasteiger partial charge in [-0.2, -0.15) is 0 Å². The predicted octanol–water partition coefficient (Wildman–Crippen LogP) is 2.20. The van der Waals surface area contributed by atoms with Gasteiger partial charge in [-0.05, 0) is 18.6 Å². The number of benzene rings is 1. The van der Waals surface area contributed by atoms with Gasteiger partial charge < -0.3 is 10.5 Å². The highest BCUT2D eigenvalue weighted by Gasteiger charge is 2.08. The van der Waals surface area contributed by atoms with Crippen molar-refractivity contribution in [3.8, 4) is 5.75 Å². The zero-order chi connectivity index (χ0) is 9.42. The van der Waals surface area contributed by atoms with Crippen LogP contribution >= 0.6 is 11.3 Å². The summed E-state index contributed by atoms with van der Waals surface area (Å²) in [5.41, 5.74) is 7.69. The zero-order valence-corrected chi connectivity index (χ0v) is 8.31. The first-order chi connectivity index (χ1) is 6.22. The fraction of sp³-hybridized carbons (Fsp3) is 0.222. The second-order valence-electron chi connectivity index (χ2n) is 2.81. The third-order valence-corrected chi connectivity index (χ3v) is 2.96. The average Bonchev–Trinajstić information content (AvgIpc) is 2.48. The van der Waals surface area contributed by atoms with Gasteiger partial charge in [-0.3, -0.25) is 0 Å². The fourth-order valence-electron chi connectivity index (χ4n) is 1.29. The lowest BCUT2D eigenvalue weighted by Gasteiger charge is -2.00. The van der Waals surface area contributed by atoms with Gasteiger partial charge in [0.25, 0.3) is 0 Å². The molecule has 1 aromatic carbocycles. The van der Waals surface area contributed by atoms with Gasteiger partial charge in [0, 0.05) is 0 Å². The number of nitrogens with two attached hydrogens (primary N) is 1. The summed E-state index contributed by atoms with van der Waals surface area (Å²) in [6.45, 7) is 2.04. The van der Waals surface area contributed by atoms with E-state index < -0.39 is 0 Å². The van der Waals surface area contributed by atoms with E-state index in [0.29, 0.717) is 5.13 Å². The summed E-state index contributed by atoms with van der Waals surface area (Å²) in [6, 6.07) is 3.93. The molecule has 2 rings (SSSR count). The molecule has 0 bridgehead atoms. The van der Waals surface area contributed by atoms with Crippen LogP contribution in [-0.2, 0) is 0 Å². The summed E-state index contributed by atoms with van der Waals surface area (Å²) >= 11 is 1.49. The van der Waals surface area contributed by atoms with E-state index in [-0.39, 0.29) is 0 Å². The SMILES string of the molecule is COc1ccc(C)c2sc(N)nc12. The third-order valence-electron chi connectivity index (χ3n) is 1.94. The highest BCUT2D eigenvalue weighted by molar-refractivity contribution is 7.22. The van der Waals surface area contributed by atoms with Crippen LogP contribution in [0.3, 0.4) is 0 Å². The van der Waals surface area contributed by atoms with Gasteiger partial charge in [0.05, 0.1) is 11.8 Å². The van der Waals surface area contributed by atoms with E-state index in [1.54, 1.807) is 7.11 Å². The standard InChI is InChI=1S/C9H10N2OS/c1-5-3-4-6(12-2)7-8(5)13-9(10)11-7/h3-4H,1-2H3,(H2,10,11). The smallest absolute Gasteiger partial charge is 0.181 e. The molecule has 3 nitrogen and oxygen atoms in total. The summed E-state index contributed by atoms with van der Waals surface area (Å²) in [6.07, 6.45) is 0. The number of anilines is 1. The lowest BCUT2D eigenvalue weighted by Crippen LogP contribution is -1.86. The molecule has 2 aromatic rings. The molecule has 1 aromatic heterocycles. The Morgan fingerprint density at radius 1 is 1.46 bits per heavy atom. The Labute approximate surface area is 80.2 Å². The van der Waals surface area contributed by atoms with Crippen molar-refractivity contribution in [2.45, 2.75) is 6.92 Å². The monoisotopic (exact) mass is 194 g/mol. The Kier molecular flexibility index (Phi) is 1.84. The third kappa shape index (κ3) is 1.23. The molecule has 1 heterocycles. The van der Waals surface area contributed by atoms with Crippen LogP contribution in [0.15, 0.2) is 12.1 Å². The summed E-state index contributed by atoms with van der Waals surface area (Å²) in [7, 11) is 1.64. The molecule has 0 aliphatic rings. The topological polar surface area (TPSA) is 48.1 Å². The molecule has 0 saturated carbocycles. The minimum atomic E-state index is 0.586. The van der Waals surface area contributed by atoms with E-state index in [1.807, 2.05) is 19.1 Å². The van der Waals surface area contributed by atoms with Crippen LogP contribution in [0.1, 0.15) is 5.56 Å². The largest absolute Gasteiger partial charge is 0.494 e. The van der Waals surface area contributed by atoms with Crippen LogP contribution in [-0.4, -0.2) is 12.1 Å². The first-order valence-electron chi connectivity index (χ1n) is 3.92. The second-order valence-corrected chi connectivity index (χ2v) is 3.85. The van der Waals surface area contributed by atoms with Crippen molar-refractivity contribution in [1.29, 1.82) is 0 Å². The summed E-state index contributed by atoms with van der Waals surface area (Å²) in [4.78, 5) is 4.22. The fourth-order valence-corrected chi connectivity index (χ4v) is 2.11. The summed E-state index contributed by atoms with van der Waals surface area (Å²) < 4.78 is 6.29. The molecular formula is C9H10N2OS. The molecule has 13 heavy (non-hydrogen) atoms. The van der Waals surface area contributed by atoms with Crippen LogP contribution in [0.25, 0.3) is 10.2 Å². The molecular weight excluding hydrogens is 184 g/mol. The molecule has 68 valence electrons. The number of aryl methyl sites for hydroxylation is 1. The molecule has 0 aliphatic heterocycles. The molecule has 0 unspecified atom stereocenters. The Morgan fingerprint density at radius 3 is 2.92 bits per heavy atom. The normalized spacial score (nSPS) is 10.6. The molecule has 0 atom stereocenters. The van der Waals surface area contributed by atoms with Crippen LogP contribution in [0.4, 0.5) is 5.13 Å². The van der Waals surface area contributed by atoms with Gasteiger partial charge in [-0.25, -0.2) is 4.98 Å². The zero-order valence-electron chi connectivity index (χ0n) is 7.50. The lowest BCUT2D eigenvalue weighted by atomic mass is 10.2. The number of hydrogen-bond donors (Lipinski definition) is 1. The van der Waals surface area contributed by atoms with Crippen molar-refractivity contribution in [3.05, 3.63) is 17.7 Å². The van der Waals surface area contributed by atoms with Crippen molar-refractivity contribution in [3.63, 3.8) is 0 Å². The van der Waals surface area contributed by atoms with Crippen molar-refractivity contribution in [2.75, 3.05) is 12.8 Å². The van der Waals surface area contributed by atoms with Crippen LogP contribution in [0, 0.1) is 6.92 Å². The predicted molar refractivity (Wildman–Crippen MR) is 55.3 cm³/mol. The molecule has 0 saturated heterocycles. The van der Waals surface area contributed by atoms with Gasteiger partial charge in [-0.1, -0.05) is 17.4 Å². The molecule has 0 spiro atoms. The second kappa shape index (κ2) is 2.88. The average molecular weight is 194 g/mol. The van der Waals surface area contributed by atoms with Gasteiger partial charge >= 0.3 is 0 Å². The maximum atomic E-state index is 5.63. The van der Waals surface area contributed by atoms with Gasteiger partial charge in [-0.15, -0.1) is 0 Å². The number of methoxy groups -OCH3 is 1. The number of hydrogen-bond acceptors (Lipinski definition) is 4. The molecule has 0 fully saturated rings. The number of nitrogens with zero attached hydrogens (tertiary/aromatic N) is 1. The van der Waals surface area contributed by atoms with Gasteiger partial charge in [0.1, 0.15) is 11.3 Å². The maximum Gasteiger partial charge on any atom is 0.181 e. The Hall–Kier alpha value is -1.29. The molecule has 0 amide bonds. The van der Waals surface area contributed by atoms with Crippen molar-refractivity contribution >= 4 is 26.7 Å². The number of nitrogen functional groups attached to an aromatic ring is 1. The quantitative estimate of drug-likeness (QED) is 0.757. The summed E-state index contributed by atoms with van der Waals surface area (Å²) in [5.74, 6) is 0.786. The minimum Gasteiger partial charge on any atom is -0.494 e. The first kappa shape index (κ1) is 8.31. The van der Waals surface area contributed by atoms with Crippen LogP contribution in [0.2, 0.25) is 0 Å². The maximum absolute atomic E-state index is 5.63. The molecule has 4 heteroatoms. The highest BCUT2D eigenvalue weighted by Crippen LogP contribution is 2.33. The van der Waals surface area contributed by atoms with Gasteiger partial charge in [0.15, 0.2) is 5.13 Å². The number of thiazole rings is 1. The minimum absolute atomic E-state index is 0.586. The number of rotatable bonds is 1. The Morgan fingerprint density at radius 2 is 2.23 bits per heavy atom. The van der Waals surface area contributed by atoms with Crippen LogP contribution < -0.4 is 10.5 Å². The van der Waals surface area contributed by atoms with Crippen molar-refractivity contribution in [1.82, 2.24) is 4.98 Å². The van der Waals surface area contributed by atoms with E-state index >= 15 is 0 Å². The highest BCUT2D eigenvalue weighted by atomic mass is 32.1. The van der Waals surface area contributed by atoms with Crippen LogP contribution in [0.5, 0.6) is 5.75 Å². The van der Waals surface area contributed by atoms with E-state index in [0.717, 1.165) is 16.0 Å².